The molecular formula is C14H13N5OS. The van der Waals surface area contributed by atoms with Gasteiger partial charge in [-0.1, -0.05) is 29.5 Å². The van der Waals surface area contributed by atoms with Gasteiger partial charge in [-0.05, 0) is 23.6 Å². The second kappa shape index (κ2) is 6.27. The zero-order valence-electron chi connectivity index (χ0n) is 11.1. The fourth-order valence-electron chi connectivity index (χ4n) is 2.00. The molecule has 21 heavy (non-hydrogen) atoms. The molecule has 1 amide bonds. The van der Waals surface area contributed by atoms with Crippen LogP contribution in [0.25, 0.3) is 0 Å². The number of benzene rings is 1. The number of para-hydroxylation sites is 1. The van der Waals surface area contributed by atoms with E-state index in [1.54, 1.807) is 11.3 Å². The highest BCUT2D eigenvalue weighted by Gasteiger charge is 2.25. The number of aromatic nitrogens is 4. The lowest BCUT2D eigenvalue weighted by Gasteiger charge is -2.12. The van der Waals surface area contributed by atoms with Crippen LogP contribution >= 0.6 is 11.3 Å². The third-order valence-electron chi connectivity index (χ3n) is 3.02. The van der Waals surface area contributed by atoms with Crippen LogP contribution in [0.1, 0.15) is 16.6 Å². The summed E-state index contributed by atoms with van der Waals surface area (Å²) >= 11 is 1.61. The Morgan fingerprint density at radius 1 is 1.24 bits per heavy atom. The van der Waals surface area contributed by atoms with Crippen molar-refractivity contribution in [3.63, 3.8) is 0 Å². The average Bonchev–Trinajstić information content (AvgIpc) is 3.19. The molecule has 0 unspecified atom stereocenters. The van der Waals surface area contributed by atoms with Crippen molar-refractivity contribution in [1.82, 2.24) is 20.6 Å². The molecule has 3 aromatic rings. The smallest absolute Gasteiger partial charge is 0.235 e. The maximum absolute atomic E-state index is 12.5. The Labute approximate surface area is 125 Å². The molecule has 0 fully saturated rings. The molecule has 0 aliphatic carbocycles. The molecule has 0 radical (unpaired) electrons. The lowest BCUT2D eigenvalue weighted by molar-refractivity contribution is -0.117. The minimum atomic E-state index is -0.470. The molecule has 0 spiro atoms. The fraction of sp³-hybridized carbons (Fsp3) is 0.143. The van der Waals surface area contributed by atoms with Crippen LogP contribution in [-0.2, 0) is 11.2 Å². The molecule has 2 N–H and O–H groups in total. The van der Waals surface area contributed by atoms with E-state index >= 15 is 0 Å². The molecule has 106 valence electrons. The minimum Gasteiger partial charge on any atom is -0.325 e. The van der Waals surface area contributed by atoms with Crippen molar-refractivity contribution in [3.8, 4) is 0 Å². The van der Waals surface area contributed by atoms with E-state index < -0.39 is 5.92 Å². The first kappa shape index (κ1) is 13.4. The number of amides is 1. The molecule has 1 aromatic carbocycles. The summed E-state index contributed by atoms with van der Waals surface area (Å²) in [5.74, 6) is -0.213. The molecule has 0 aliphatic heterocycles. The molecular weight excluding hydrogens is 286 g/mol. The van der Waals surface area contributed by atoms with Crippen molar-refractivity contribution in [2.24, 2.45) is 0 Å². The van der Waals surface area contributed by atoms with Gasteiger partial charge in [0.15, 0.2) is 5.82 Å². The summed E-state index contributed by atoms with van der Waals surface area (Å²) in [6, 6.07) is 13.3. The van der Waals surface area contributed by atoms with Gasteiger partial charge in [-0.3, -0.25) is 4.79 Å². The number of nitrogens with one attached hydrogen (secondary N) is 2. The number of carbonyl (C=O) groups is 1. The Bertz CT molecular complexity index is 682. The second-order valence-corrected chi connectivity index (χ2v) is 5.49. The largest absolute Gasteiger partial charge is 0.325 e. The number of H-pyrrole nitrogens is 1. The average molecular weight is 299 g/mol. The van der Waals surface area contributed by atoms with Gasteiger partial charge in [-0.2, -0.15) is 5.21 Å². The topological polar surface area (TPSA) is 83.6 Å². The van der Waals surface area contributed by atoms with E-state index in [1.807, 2.05) is 47.8 Å². The molecule has 0 aliphatic rings. The van der Waals surface area contributed by atoms with E-state index in [4.69, 9.17) is 0 Å². The maximum atomic E-state index is 12.5. The number of hydrogen-bond acceptors (Lipinski definition) is 5. The number of carbonyl (C=O) groups excluding carboxylic acids is 1. The van der Waals surface area contributed by atoms with Crippen molar-refractivity contribution < 1.29 is 4.79 Å². The maximum Gasteiger partial charge on any atom is 0.235 e. The lowest BCUT2D eigenvalue weighted by Crippen LogP contribution is -2.23. The summed E-state index contributed by atoms with van der Waals surface area (Å²) < 4.78 is 0. The number of rotatable bonds is 5. The summed E-state index contributed by atoms with van der Waals surface area (Å²) in [5.41, 5.74) is 0.752. The SMILES string of the molecule is O=C(Nc1ccccc1)[C@@H](Cc1cccs1)c1nn[nH]n1. The number of nitrogens with zero attached hydrogens (tertiary/aromatic N) is 3. The van der Waals surface area contributed by atoms with Crippen LogP contribution in [0, 0.1) is 0 Å². The van der Waals surface area contributed by atoms with E-state index in [0.717, 1.165) is 10.6 Å². The van der Waals surface area contributed by atoms with E-state index in [0.29, 0.717) is 12.2 Å². The van der Waals surface area contributed by atoms with Crippen LogP contribution in [0.15, 0.2) is 47.8 Å². The van der Waals surface area contributed by atoms with E-state index in [2.05, 4.69) is 25.9 Å². The third-order valence-corrected chi connectivity index (χ3v) is 3.92. The van der Waals surface area contributed by atoms with Crippen molar-refractivity contribution in [2.45, 2.75) is 12.3 Å². The van der Waals surface area contributed by atoms with Crippen LogP contribution < -0.4 is 5.32 Å². The molecule has 0 saturated carbocycles. The van der Waals surface area contributed by atoms with Crippen LogP contribution in [0.2, 0.25) is 0 Å². The highest BCUT2D eigenvalue weighted by molar-refractivity contribution is 7.09. The van der Waals surface area contributed by atoms with Gasteiger partial charge in [0, 0.05) is 17.0 Å². The summed E-state index contributed by atoms with van der Waals surface area (Å²) in [6.45, 7) is 0. The molecule has 7 heteroatoms. The van der Waals surface area contributed by atoms with Crippen molar-refractivity contribution in [3.05, 3.63) is 58.5 Å². The predicted octanol–water partition coefficient (Wildman–Crippen LogP) is 2.23. The molecule has 0 bridgehead atoms. The van der Waals surface area contributed by atoms with Gasteiger partial charge in [0.05, 0.1) is 0 Å². The first-order valence-corrected chi connectivity index (χ1v) is 7.32. The van der Waals surface area contributed by atoms with Gasteiger partial charge in [-0.25, -0.2) is 0 Å². The zero-order chi connectivity index (χ0) is 14.5. The first-order valence-electron chi connectivity index (χ1n) is 6.44. The number of aromatic amines is 1. The lowest BCUT2D eigenvalue weighted by atomic mass is 10.0. The highest BCUT2D eigenvalue weighted by Crippen LogP contribution is 2.22. The Balaban J connectivity index is 1.80. The summed E-state index contributed by atoms with van der Waals surface area (Å²) in [4.78, 5) is 13.6. The number of tetrazole rings is 1. The fourth-order valence-corrected chi connectivity index (χ4v) is 2.75. The van der Waals surface area contributed by atoms with Crippen molar-refractivity contribution in [2.75, 3.05) is 5.32 Å². The van der Waals surface area contributed by atoms with E-state index in [-0.39, 0.29) is 5.91 Å². The van der Waals surface area contributed by atoms with Crippen LogP contribution in [-0.4, -0.2) is 26.5 Å². The normalized spacial score (nSPS) is 12.0. The van der Waals surface area contributed by atoms with Crippen LogP contribution in [0.5, 0.6) is 0 Å². The van der Waals surface area contributed by atoms with Crippen LogP contribution in [0.4, 0.5) is 5.69 Å². The molecule has 1 atom stereocenters. The zero-order valence-corrected chi connectivity index (χ0v) is 11.9. The van der Waals surface area contributed by atoms with Gasteiger partial charge >= 0.3 is 0 Å². The Kier molecular flexibility index (Phi) is 4.02. The highest BCUT2D eigenvalue weighted by atomic mass is 32.1. The van der Waals surface area contributed by atoms with E-state index in [1.165, 1.54) is 0 Å². The van der Waals surface area contributed by atoms with Gasteiger partial charge in [-0.15, -0.1) is 21.5 Å². The molecule has 6 nitrogen and oxygen atoms in total. The summed E-state index contributed by atoms with van der Waals surface area (Å²) in [7, 11) is 0. The predicted molar refractivity (Wildman–Crippen MR) is 80.0 cm³/mol. The Morgan fingerprint density at radius 2 is 2.10 bits per heavy atom. The quantitative estimate of drug-likeness (QED) is 0.756. The number of hydrogen-bond donors (Lipinski definition) is 2. The summed E-state index contributed by atoms with van der Waals surface area (Å²) in [6.07, 6.45) is 0.551. The standard InChI is InChI=1S/C14H13N5OS/c20-14(15-10-5-2-1-3-6-10)12(13-16-18-19-17-13)9-11-7-4-8-21-11/h1-8,12H,9H2,(H,15,20)(H,16,17,18,19)/t12-/m0/s1. The summed E-state index contributed by atoms with van der Waals surface area (Å²) in [5, 5.41) is 18.7. The Hall–Kier alpha value is -2.54. The monoisotopic (exact) mass is 299 g/mol. The number of anilines is 1. The van der Waals surface area contributed by atoms with E-state index in [9.17, 15) is 4.79 Å². The molecule has 2 aromatic heterocycles. The van der Waals surface area contributed by atoms with Crippen molar-refractivity contribution in [1.29, 1.82) is 0 Å². The van der Waals surface area contributed by atoms with Gasteiger partial charge < -0.3 is 5.32 Å². The van der Waals surface area contributed by atoms with Crippen LogP contribution in [0.3, 0.4) is 0 Å². The minimum absolute atomic E-state index is 0.143. The van der Waals surface area contributed by atoms with Gasteiger partial charge in [0.1, 0.15) is 5.92 Å². The first-order chi connectivity index (χ1) is 10.3. The molecule has 2 heterocycles. The third kappa shape index (κ3) is 3.32. The van der Waals surface area contributed by atoms with Gasteiger partial charge in [0.25, 0.3) is 0 Å². The number of thiophene rings is 1. The van der Waals surface area contributed by atoms with Crippen molar-refractivity contribution >= 4 is 22.9 Å². The second-order valence-electron chi connectivity index (χ2n) is 4.46. The Morgan fingerprint density at radius 3 is 2.76 bits per heavy atom. The molecule has 3 rings (SSSR count). The van der Waals surface area contributed by atoms with Gasteiger partial charge in [0.2, 0.25) is 5.91 Å². The molecule has 0 saturated heterocycles.